The third-order valence-electron chi connectivity index (χ3n) is 6.49. The molecule has 2 aromatic rings. The smallest absolute Gasteiger partial charge is 0.253 e. The van der Waals surface area contributed by atoms with E-state index in [0.29, 0.717) is 30.8 Å². The zero-order valence-electron chi connectivity index (χ0n) is 24.8. The standard InChI is InChI=1S/C32H43F2N3O5/c1-5-11-37(12-6-2)32(41)25-16-22(4)15-24(20-25)31(40)36-28(19-23-17-26(33)21-27(34)18-23)29(38)8-10-35-30(39)9-14-42-13-7-3/h7,15-18,20-21,28-29,38H,3,5-6,8-14,19H2,1-2,4H3,(H,35,39)(H,36,40)/t28-,29+/m0/s1. The van der Waals surface area contributed by atoms with Crippen LogP contribution in [0.4, 0.5) is 8.78 Å². The average molecular weight is 588 g/mol. The first kappa shape index (κ1) is 34.6. The van der Waals surface area contributed by atoms with Crippen LogP contribution in [-0.4, -0.2) is 72.7 Å². The number of hydrogen-bond acceptors (Lipinski definition) is 5. The predicted molar refractivity (Wildman–Crippen MR) is 158 cm³/mol. The van der Waals surface area contributed by atoms with Crippen LogP contribution < -0.4 is 10.6 Å². The third kappa shape index (κ3) is 11.7. The molecule has 0 radical (unpaired) electrons. The van der Waals surface area contributed by atoms with Crippen LogP contribution >= 0.6 is 0 Å². The lowest BCUT2D eigenvalue weighted by Gasteiger charge is -2.25. The summed E-state index contributed by atoms with van der Waals surface area (Å²) in [6.07, 6.45) is 2.16. The fraction of sp³-hybridized carbons (Fsp3) is 0.469. The van der Waals surface area contributed by atoms with E-state index in [-0.39, 0.29) is 55.4 Å². The Balaban J connectivity index is 2.20. The van der Waals surface area contributed by atoms with Gasteiger partial charge >= 0.3 is 0 Å². The van der Waals surface area contributed by atoms with Gasteiger partial charge in [-0.1, -0.05) is 19.9 Å². The highest BCUT2D eigenvalue weighted by molar-refractivity contribution is 6.00. The molecule has 0 spiro atoms. The van der Waals surface area contributed by atoms with Crippen molar-refractivity contribution in [3.8, 4) is 0 Å². The van der Waals surface area contributed by atoms with Crippen molar-refractivity contribution >= 4 is 17.7 Å². The summed E-state index contributed by atoms with van der Waals surface area (Å²) in [7, 11) is 0. The fourth-order valence-corrected chi connectivity index (χ4v) is 4.57. The van der Waals surface area contributed by atoms with Crippen molar-refractivity contribution in [2.75, 3.05) is 32.8 Å². The van der Waals surface area contributed by atoms with E-state index in [1.54, 1.807) is 30.0 Å². The molecule has 0 fully saturated rings. The zero-order chi connectivity index (χ0) is 31.1. The van der Waals surface area contributed by atoms with E-state index in [1.807, 2.05) is 13.8 Å². The Morgan fingerprint density at radius 2 is 1.67 bits per heavy atom. The molecule has 0 aliphatic carbocycles. The summed E-state index contributed by atoms with van der Waals surface area (Å²) in [5, 5.41) is 16.5. The molecule has 2 atom stereocenters. The molecule has 3 N–H and O–H groups in total. The van der Waals surface area contributed by atoms with E-state index in [0.717, 1.165) is 31.0 Å². The first-order valence-corrected chi connectivity index (χ1v) is 14.4. The third-order valence-corrected chi connectivity index (χ3v) is 6.49. The summed E-state index contributed by atoms with van der Waals surface area (Å²) in [5.74, 6) is -2.54. The van der Waals surface area contributed by atoms with Crippen LogP contribution in [0.3, 0.4) is 0 Å². The second-order valence-corrected chi connectivity index (χ2v) is 10.3. The van der Waals surface area contributed by atoms with Gasteiger partial charge < -0.3 is 25.4 Å². The zero-order valence-corrected chi connectivity index (χ0v) is 24.8. The maximum Gasteiger partial charge on any atom is 0.253 e. The van der Waals surface area contributed by atoms with Crippen molar-refractivity contribution in [1.82, 2.24) is 15.5 Å². The van der Waals surface area contributed by atoms with Crippen LogP contribution in [0, 0.1) is 18.6 Å². The normalized spacial score (nSPS) is 12.3. The van der Waals surface area contributed by atoms with Gasteiger partial charge in [0.2, 0.25) is 5.91 Å². The largest absolute Gasteiger partial charge is 0.391 e. The molecule has 0 saturated carbocycles. The van der Waals surface area contributed by atoms with E-state index in [4.69, 9.17) is 4.74 Å². The molecular formula is C32H43F2N3O5. The van der Waals surface area contributed by atoms with Gasteiger partial charge in [-0.15, -0.1) is 6.58 Å². The SMILES string of the molecule is C=CCOCCC(=O)NCC[C@@H](O)[C@H](Cc1cc(F)cc(F)c1)NC(=O)c1cc(C)cc(C(=O)N(CCC)CCC)c1. The highest BCUT2D eigenvalue weighted by Crippen LogP contribution is 2.16. The molecule has 230 valence electrons. The molecule has 2 rings (SSSR count). The number of aliphatic hydroxyl groups excluding tert-OH is 1. The van der Waals surface area contributed by atoms with Gasteiger partial charge in [-0.25, -0.2) is 8.78 Å². The Morgan fingerprint density at radius 1 is 1.02 bits per heavy atom. The number of carbonyl (C=O) groups excluding carboxylic acids is 3. The first-order chi connectivity index (χ1) is 20.1. The van der Waals surface area contributed by atoms with Crippen LogP contribution in [0.5, 0.6) is 0 Å². The van der Waals surface area contributed by atoms with E-state index in [1.165, 1.54) is 6.07 Å². The maximum atomic E-state index is 13.9. The van der Waals surface area contributed by atoms with E-state index >= 15 is 0 Å². The van der Waals surface area contributed by atoms with Gasteiger partial charge in [-0.05, 0) is 74.1 Å². The van der Waals surface area contributed by atoms with Gasteiger partial charge in [0.25, 0.3) is 11.8 Å². The number of nitrogens with zero attached hydrogens (tertiary/aromatic N) is 1. The number of carbonyl (C=O) groups is 3. The summed E-state index contributed by atoms with van der Waals surface area (Å²) in [6, 6.07) is 6.96. The molecule has 8 nitrogen and oxygen atoms in total. The minimum absolute atomic E-state index is 0.0662. The number of hydrogen-bond donors (Lipinski definition) is 3. The van der Waals surface area contributed by atoms with Crippen LogP contribution in [-0.2, 0) is 16.0 Å². The number of aliphatic hydroxyl groups is 1. The van der Waals surface area contributed by atoms with Crippen LogP contribution in [0.1, 0.15) is 71.4 Å². The minimum atomic E-state index is -1.16. The lowest BCUT2D eigenvalue weighted by molar-refractivity contribution is -0.122. The molecule has 0 saturated heterocycles. The average Bonchev–Trinajstić information content (AvgIpc) is 2.93. The van der Waals surface area contributed by atoms with E-state index in [2.05, 4.69) is 17.2 Å². The fourth-order valence-electron chi connectivity index (χ4n) is 4.57. The molecule has 0 bridgehead atoms. The van der Waals surface area contributed by atoms with Gasteiger partial charge in [0, 0.05) is 43.2 Å². The molecular weight excluding hydrogens is 544 g/mol. The van der Waals surface area contributed by atoms with Crippen molar-refractivity contribution in [2.24, 2.45) is 0 Å². The number of nitrogens with one attached hydrogen (secondary N) is 2. The number of rotatable bonds is 18. The highest BCUT2D eigenvalue weighted by Gasteiger charge is 2.24. The molecule has 3 amide bonds. The lowest BCUT2D eigenvalue weighted by Crippen LogP contribution is -2.46. The van der Waals surface area contributed by atoms with Crippen molar-refractivity contribution < 1.29 is 33.0 Å². The minimum Gasteiger partial charge on any atom is -0.391 e. The molecule has 0 aliphatic rings. The van der Waals surface area contributed by atoms with Crippen LogP contribution in [0.25, 0.3) is 0 Å². The Kier molecular flexibility index (Phi) is 14.8. The Labute approximate surface area is 247 Å². The second-order valence-electron chi connectivity index (χ2n) is 10.3. The van der Waals surface area contributed by atoms with Gasteiger partial charge in [-0.2, -0.15) is 0 Å². The quantitative estimate of drug-likeness (QED) is 0.178. The van der Waals surface area contributed by atoms with Gasteiger partial charge in [-0.3, -0.25) is 14.4 Å². The van der Waals surface area contributed by atoms with Gasteiger partial charge in [0.05, 0.1) is 25.4 Å². The molecule has 0 unspecified atom stereocenters. The first-order valence-electron chi connectivity index (χ1n) is 14.4. The van der Waals surface area contributed by atoms with Crippen LogP contribution in [0.15, 0.2) is 49.1 Å². The highest BCUT2D eigenvalue weighted by atomic mass is 19.1. The van der Waals surface area contributed by atoms with Gasteiger partial charge in [0.15, 0.2) is 0 Å². The van der Waals surface area contributed by atoms with Crippen LogP contribution in [0.2, 0.25) is 0 Å². The van der Waals surface area contributed by atoms with Crippen molar-refractivity contribution in [3.05, 3.63) is 82.9 Å². The summed E-state index contributed by atoms with van der Waals surface area (Å²) in [4.78, 5) is 40.4. The monoisotopic (exact) mass is 587 g/mol. The van der Waals surface area contributed by atoms with E-state index < -0.39 is 29.7 Å². The summed E-state index contributed by atoms with van der Waals surface area (Å²) in [6.45, 7) is 11.2. The number of ether oxygens (including phenoxy) is 1. The molecule has 0 aromatic heterocycles. The van der Waals surface area contributed by atoms with Gasteiger partial charge in [0.1, 0.15) is 11.6 Å². The topological polar surface area (TPSA) is 108 Å². The molecule has 10 heteroatoms. The van der Waals surface area contributed by atoms with Crippen molar-refractivity contribution in [2.45, 2.75) is 65.0 Å². The molecule has 0 aliphatic heterocycles. The Hall–Kier alpha value is -3.63. The van der Waals surface area contributed by atoms with Crippen molar-refractivity contribution in [1.29, 1.82) is 0 Å². The molecule has 0 heterocycles. The Bertz CT molecular complexity index is 1180. The summed E-state index contributed by atoms with van der Waals surface area (Å²) >= 11 is 0. The predicted octanol–water partition coefficient (Wildman–Crippen LogP) is 4.34. The summed E-state index contributed by atoms with van der Waals surface area (Å²) in [5.41, 5.74) is 1.56. The Morgan fingerprint density at radius 3 is 2.29 bits per heavy atom. The molecule has 42 heavy (non-hydrogen) atoms. The summed E-state index contributed by atoms with van der Waals surface area (Å²) < 4.78 is 33.0. The number of benzene rings is 2. The number of amides is 3. The second kappa shape index (κ2) is 18.0. The maximum absolute atomic E-state index is 13.9. The number of halogens is 2. The number of aryl methyl sites for hydroxylation is 1. The molecule has 2 aromatic carbocycles. The van der Waals surface area contributed by atoms with Crippen molar-refractivity contribution in [3.63, 3.8) is 0 Å². The lowest BCUT2D eigenvalue weighted by atomic mass is 9.97. The van der Waals surface area contributed by atoms with E-state index in [9.17, 15) is 28.3 Å².